The second kappa shape index (κ2) is 9.93. The largest absolute Gasteiger partial charge is 0.493 e. The molecule has 36 heavy (non-hydrogen) atoms. The van der Waals surface area contributed by atoms with Crippen LogP contribution in [0.15, 0.2) is 58.1 Å². The lowest BCUT2D eigenvalue weighted by Gasteiger charge is -2.29. The van der Waals surface area contributed by atoms with E-state index in [2.05, 4.69) is 4.90 Å². The molecule has 0 spiro atoms. The third kappa shape index (κ3) is 4.25. The van der Waals surface area contributed by atoms with Gasteiger partial charge in [-0.05, 0) is 42.5 Å². The van der Waals surface area contributed by atoms with Crippen molar-refractivity contribution in [2.75, 3.05) is 32.2 Å². The summed E-state index contributed by atoms with van der Waals surface area (Å²) < 4.78 is 15.6. The number of imidazole rings is 1. The van der Waals surface area contributed by atoms with Gasteiger partial charge in [-0.1, -0.05) is 36.4 Å². The summed E-state index contributed by atoms with van der Waals surface area (Å²) in [6.07, 6.45) is 2.29. The topological polar surface area (TPSA) is 83.5 Å². The quantitative estimate of drug-likeness (QED) is 0.378. The van der Waals surface area contributed by atoms with Crippen molar-refractivity contribution in [3.05, 3.63) is 80.5 Å². The van der Waals surface area contributed by atoms with Crippen molar-refractivity contribution in [1.82, 2.24) is 18.7 Å². The molecule has 9 heteroatoms. The van der Waals surface area contributed by atoms with Gasteiger partial charge in [0.15, 0.2) is 22.7 Å². The fraction of sp³-hybridized carbons (Fsp3) is 0.370. The average molecular weight is 490 g/mol. The van der Waals surface area contributed by atoms with Crippen LogP contribution >= 0.6 is 0 Å². The van der Waals surface area contributed by atoms with Gasteiger partial charge in [0.25, 0.3) is 5.56 Å². The molecule has 5 rings (SSSR count). The Morgan fingerprint density at radius 1 is 0.889 bits per heavy atom. The molecular weight excluding hydrogens is 458 g/mol. The Morgan fingerprint density at radius 3 is 2.39 bits per heavy atom. The van der Waals surface area contributed by atoms with Crippen LogP contribution in [-0.4, -0.2) is 46.0 Å². The molecule has 0 saturated heterocycles. The fourth-order valence-corrected chi connectivity index (χ4v) is 4.93. The van der Waals surface area contributed by atoms with E-state index in [0.29, 0.717) is 42.2 Å². The predicted octanol–water partition coefficient (Wildman–Crippen LogP) is 2.61. The number of hydrogen-bond acceptors (Lipinski definition) is 6. The van der Waals surface area contributed by atoms with E-state index in [0.717, 1.165) is 43.0 Å². The van der Waals surface area contributed by atoms with Crippen molar-refractivity contribution in [2.45, 2.75) is 32.4 Å². The molecule has 2 aromatic heterocycles. The molecule has 0 amide bonds. The van der Waals surface area contributed by atoms with E-state index in [1.807, 2.05) is 53.1 Å². The number of aryl methyl sites for hydroxylation is 3. The standard InChI is InChI=1S/C27H31N5O4/c1-29-24-23(25(33)32(27(29)34)17-13-19-8-5-4-6-9-19)31-15-7-14-30(26(31)28-24)16-12-20-10-11-21(35-2)22(18-20)36-3/h4-6,8-11,18H,7,12-17H2,1-3H3. The molecule has 9 nitrogen and oxygen atoms in total. The second-order valence-electron chi connectivity index (χ2n) is 9.05. The minimum absolute atomic E-state index is 0.274. The van der Waals surface area contributed by atoms with Gasteiger partial charge < -0.3 is 18.9 Å². The number of ether oxygens (including phenoxy) is 2. The normalized spacial score (nSPS) is 13.1. The van der Waals surface area contributed by atoms with Crippen molar-refractivity contribution in [3.63, 3.8) is 0 Å². The van der Waals surface area contributed by atoms with Gasteiger partial charge in [0.1, 0.15) is 0 Å². The number of nitrogens with zero attached hydrogens (tertiary/aromatic N) is 5. The van der Waals surface area contributed by atoms with E-state index in [-0.39, 0.29) is 11.2 Å². The van der Waals surface area contributed by atoms with Crippen LogP contribution in [0.1, 0.15) is 17.5 Å². The number of anilines is 1. The lowest BCUT2D eigenvalue weighted by molar-refractivity contribution is 0.354. The summed E-state index contributed by atoms with van der Waals surface area (Å²) in [7, 11) is 4.94. The maximum absolute atomic E-state index is 13.5. The number of aromatic nitrogens is 4. The first kappa shape index (κ1) is 23.7. The van der Waals surface area contributed by atoms with Crippen molar-refractivity contribution in [1.29, 1.82) is 0 Å². The summed E-state index contributed by atoms with van der Waals surface area (Å²) >= 11 is 0. The van der Waals surface area contributed by atoms with Gasteiger partial charge in [0, 0.05) is 33.2 Å². The average Bonchev–Trinajstić information content (AvgIpc) is 3.31. The zero-order chi connectivity index (χ0) is 25.2. The van der Waals surface area contributed by atoms with Crippen molar-refractivity contribution in [2.24, 2.45) is 7.05 Å². The summed E-state index contributed by atoms with van der Waals surface area (Å²) in [5.74, 6) is 2.14. The number of methoxy groups -OCH3 is 2. The number of rotatable bonds is 8. The van der Waals surface area contributed by atoms with E-state index >= 15 is 0 Å². The highest BCUT2D eigenvalue weighted by molar-refractivity contribution is 5.75. The van der Waals surface area contributed by atoms with E-state index in [9.17, 15) is 9.59 Å². The van der Waals surface area contributed by atoms with Gasteiger partial charge in [-0.25, -0.2) is 4.79 Å². The van der Waals surface area contributed by atoms with Crippen LogP contribution in [0.2, 0.25) is 0 Å². The Hall–Kier alpha value is -4.01. The number of hydrogen-bond donors (Lipinski definition) is 0. The zero-order valence-electron chi connectivity index (χ0n) is 20.9. The Labute approximate surface area is 209 Å². The lowest BCUT2D eigenvalue weighted by Crippen LogP contribution is -2.40. The maximum atomic E-state index is 13.5. The summed E-state index contributed by atoms with van der Waals surface area (Å²) in [5.41, 5.74) is 2.53. The van der Waals surface area contributed by atoms with Crippen LogP contribution in [0.3, 0.4) is 0 Å². The lowest BCUT2D eigenvalue weighted by atomic mass is 10.1. The van der Waals surface area contributed by atoms with Gasteiger partial charge in [-0.15, -0.1) is 0 Å². The monoisotopic (exact) mass is 489 g/mol. The fourth-order valence-electron chi connectivity index (χ4n) is 4.93. The molecule has 0 radical (unpaired) electrons. The molecule has 0 N–H and O–H groups in total. The zero-order valence-corrected chi connectivity index (χ0v) is 20.9. The third-order valence-electron chi connectivity index (χ3n) is 6.89. The Balaban J connectivity index is 1.45. The highest BCUT2D eigenvalue weighted by atomic mass is 16.5. The van der Waals surface area contributed by atoms with E-state index in [4.69, 9.17) is 14.5 Å². The van der Waals surface area contributed by atoms with Crippen molar-refractivity contribution >= 4 is 17.1 Å². The molecule has 188 valence electrons. The van der Waals surface area contributed by atoms with E-state index in [1.54, 1.807) is 21.3 Å². The molecule has 0 fully saturated rings. The molecule has 0 saturated carbocycles. The summed E-state index contributed by atoms with van der Waals surface area (Å²) in [5, 5.41) is 0. The first-order chi connectivity index (χ1) is 17.5. The Kier molecular flexibility index (Phi) is 6.54. The highest BCUT2D eigenvalue weighted by Gasteiger charge is 2.26. The van der Waals surface area contributed by atoms with Gasteiger partial charge in [-0.2, -0.15) is 4.98 Å². The molecule has 0 atom stereocenters. The minimum Gasteiger partial charge on any atom is -0.493 e. The van der Waals surface area contributed by atoms with E-state index in [1.165, 1.54) is 9.13 Å². The molecule has 4 aromatic rings. The summed E-state index contributed by atoms with van der Waals surface area (Å²) in [6.45, 7) is 2.60. The molecular formula is C27H31N5O4. The molecule has 0 unspecified atom stereocenters. The Bertz CT molecular complexity index is 1500. The van der Waals surface area contributed by atoms with Gasteiger partial charge in [0.2, 0.25) is 5.95 Å². The van der Waals surface area contributed by atoms with Crippen LogP contribution in [0, 0.1) is 0 Å². The maximum Gasteiger partial charge on any atom is 0.332 e. The summed E-state index contributed by atoms with van der Waals surface area (Å²) in [6, 6.07) is 15.8. The van der Waals surface area contributed by atoms with Crippen LogP contribution in [0.4, 0.5) is 5.95 Å². The van der Waals surface area contributed by atoms with Gasteiger partial charge in [-0.3, -0.25) is 13.9 Å². The number of fused-ring (bicyclic) bond motifs is 3. The van der Waals surface area contributed by atoms with Crippen LogP contribution in [0.5, 0.6) is 11.5 Å². The van der Waals surface area contributed by atoms with E-state index < -0.39 is 0 Å². The third-order valence-corrected chi connectivity index (χ3v) is 6.89. The first-order valence-electron chi connectivity index (χ1n) is 12.2. The van der Waals surface area contributed by atoms with Gasteiger partial charge >= 0.3 is 5.69 Å². The number of benzene rings is 2. The van der Waals surface area contributed by atoms with Crippen LogP contribution in [0.25, 0.3) is 11.2 Å². The van der Waals surface area contributed by atoms with Crippen molar-refractivity contribution < 1.29 is 9.47 Å². The molecule has 1 aliphatic heterocycles. The molecule has 1 aliphatic rings. The van der Waals surface area contributed by atoms with Gasteiger partial charge in [0.05, 0.1) is 14.2 Å². The first-order valence-corrected chi connectivity index (χ1v) is 12.2. The summed E-state index contributed by atoms with van der Waals surface area (Å²) in [4.78, 5) is 33.6. The van der Waals surface area contributed by atoms with Crippen molar-refractivity contribution in [3.8, 4) is 11.5 Å². The second-order valence-corrected chi connectivity index (χ2v) is 9.05. The SMILES string of the molecule is COc1ccc(CCN2CCCn3c2nc2c3c(=O)n(CCc3ccccc3)c(=O)n2C)cc1OC. The van der Waals surface area contributed by atoms with Crippen LogP contribution < -0.4 is 25.6 Å². The molecule has 0 bridgehead atoms. The van der Waals surface area contributed by atoms with Crippen LogP contribution in [-0.2, 0) is 33.0 Å². The molecule has 0 aliphatic carbocycles. The predicted molar refractivity (Wildman–Crippen MR) is 139 cm³/mol. The Morgan fingerprint density at radius 2 is 1.64 bits per heavy atom. The highest BCUT2D eigenvalue weighted by Crippen LogP contribution is 2.29. The smallest absolute Gasteiger partial charge is 0.332 e. The molecule has 2 aromatic carbocycles. The molecule has 3 heterocycles. The minimum atomic E-state index is -0.337.